The van der Waals surface area contributed by atoms with E-state index >= 15 is 0 Å². The van der Waals surface area contributed by atoms with Gasteiger partial charge in [0.1, 0.15) is 23.3 Å². The number of carbonyl (C=O) groups excluding carboxylic acids is 1. The minimum atomic E-state index is -0.296. The van der Waals surface area contributed by atoms with Crippen LogP contribution in [-0.2, 0) is 0 Å². The molecule has 0 unspecified atom stereocenters. The molecule has 0 aliphatic heterocycles. The average molecular weight is 318 g/mol. The van der Waals surface area contributed by atoms with Crippen LogP contribution in [0.5, 0.6) is 0 Å². The van der Waals surface area contributed by atoms with E-state index in [1.165, 1.54) is 0 Å². The lowest BCUT2D eigenvalue weighted by molar-refractivity contribution is 0.101. The maximum Gasteiger partial charge on any atom is 0.276 e. The SMILES string of the molecule is Cc1onc(-c2ccccc2)c1C(=O)Nn1cnc2ccccc21. The summed E-state index contributed by atoms with van der Waals surface area (Å²) in [4.78, 5) is 17.0. The fraction of sp³-hybridized carbons (Fsp3) is 0.0556. The Bertz CT molecular complexity index is 1020. The van der Waals surface area contributed by atoms with Crippen LogP contribution in [0.2, 0.25) is 0 Å². The van der Waals surface area contributed by atoms with Crippen LogP contribution >= 0.6 is 0 Å². The molecular formula is C18H14N4O2. The molecule has 6 heteroatoms. The number of benzene rings is 2. The molecule has 4 rings (SSSR count). The van der Waals surface area contributed by atoms with Crippen LogP contribution in [0.4, 0.5) is 0 Å². The summed E-state index contributed by atoms with van der Waals surface area (Å²) in [5, 5.41) is 4.04. The number of nitrogens with zero attached hydrogens (tertiary/aromatic N) is 3. The first-order valence-corrected chi connectivity index (χ1v) is 7.49. The highest BCUT2D eigenvalue weighted by Gasteiger charge is 2.22. The molecule has 24 heavy (non-hydrogen) atoms. The summed E-state index contributed by atoms with van der Waals surface area (Å²) in [5.74, 6) is 0.173. The Balaban J connectivity index is 1.72. The van der Waals surface area contributed by atoms with Gasteiger partial charge in [0, 0.05) is 5.56 Å². The van der Waals surface area contributed by atoms with Crippen molar-refractivity contribution in [3.8, 4) is 11.3 Å². The minimum Gasteiger partial charge on any atom is -0.360 e. The van der Waals surface area contributed by atoms with Gasteiger partial charge in [-0.15, -0.1) is 0 Å². The molecule has 2 heterocycles. The highest BCUT2D eigenvalue weighted by molar-refractivity contribution is 6.05. The number of fused-ring (bicyclic) bond motifs is 1. The zero-order valence-corrected chi connectivity index (χ0v) is 12.9. The predicted molar refractivity (Wildman–Crippen MR) is 90.1 cm³/mol. The maximum atomic E-state index is 12.8. The number of rotatable bonds is 3. The second kappa shape index (κ2) is 5.66. The molecule has 4 aromatic rings. The average Bonchev–Trinajstić information content (AvgIpc) is 3.20. The molecule has 0 radical (unpaired) electrons. The van der Waals surface area contributed by atoms with Crippen molar-refractivity contribution in [1.29, 1.82) is 0 Å². The fourth-order valence-electron chi connectivity index (χ4n) is 2.65. The lowest BCUT2D eigenvalue weighted by Crippen LogP contribution is -2.22. The molecule has 0 atom stereocenters. The quantitative estimate of drug-likeness (QED) is 0.628. The topological polar surface area (TPSA) is 73.0 Å². The van der Waals surface area contributed by atoms with Gasteiger partial charge in [-0.3, -0.25) is 10.2 Å². The Hall–Kier alpha value is -3.41. The van der Waals surface area contributed by atoms with Crippen LogP contribution < -0.4 is 5.43 Å². The van der Waals surface area contributed by atoms with Crippen LogP contribution in [0, 0.1) is 6.92 Å². The standard InChI is InChI=1S/C18H14N4O2/c1-12-16(17(21-24-12)13-7-3-2-4-8-13)18(23)20-22-11-19-14-9-5-6-10-15(14)22/h2-11H,1H3,(H,20,23). The van der Waals surface area contributed by atoms with Crippen molar-refractivity contribution in [1.82, 2.24) is 14.8 Å². The summed E-state index contributed by atoms with van der Waals surface area (Å²) in [7, 11) is 0. The van der Waals surface area contributed by atoms with E-state index in [9.17, 15) is 4.79 Å². The Morgan fingerprint density at radius 1 is 1.08 bits per heavy atom. The van der Waals surface area contributed by atoms with Gasteiger partial charge in [-0.1, -0.05) is 47.6 Å². The number of hydrogen-bond donors (Lipinski definition) is 1. The number of aromatic nitrogens is 3. The molecule has 2 aromatic heterocycles. The van der Waals surface area contributed by atoms with Gasteiger partial charge in [-0.2, -0.15) is 0 Å². The highest BCUT2D eigenvalue weighted by Crippen LogP contribution is 2.25. The summed E-state index contributed by atoms with van der Waals surface area (Å²) in [6.45, 7) is 1.72. The second-order valence-electron chi connectivity index (χ2n) is 5.37. The Morgan fingerprint density at radius 2 is 1.83 bits per heavy atom. The van der Waals surface area contributed by atoms with Crippen LogP contribution in [0.15, 0.2) is 65.4 Å². The first kappa shape index (κ1) is 14.2. The first-order valence-electron chi connectivity index (χ1n) is 7.49. The van der Waals surface area contributed by atoms with E-state index < -0.39 is 0 Å². The van der Waals surface area contributed by atoms with E-state index in [1.807, 2.05) is 54.6 Å². The lowest BCUT2D eigenvalue weighted by Gasteiger charge is -2.07. The monoisotopic (exact) mass is 318 g/mol. The summed E-state index contributed by atoms with van der Waals surface area (Å²) < 4.78 is 6.84. The molecule has 2 aromatic carbocycles. The summed E-state index contributed by atoms with van der Waals surface area (Å²) in [5.41, 5.74) is 6.23. The Morgan fingerprint density at radius 3 is 2.67 bits per heavy atom. The number of imidazole rings is 1. The van der Waals surface area contributed by atoms with Crippen molar-refractivity contribution in [3.63, 3.8) is 0 Å². The third-order valence-corrected chi connectivity index (χ3v) is 3.81. The van der Waals surface area contributed by atoms with Gasteiger partial charge < -0.3 is 4.52 Å². The zero-order chi connectivity index (χ0) is 16.5. The number of carbonyl (C=O) groups is 1. The number of aryl methyl sites for hydroxylation is 1. The van der Waals surface area contributed by atoms with Gasteiger partial charge in [-0.25, -0.2) is 9.66 Å². The molecule has 0 aliphatic rings. The van der Waals surface area contributed by atoms with E-state index in [1.54, 1.807) is 17.9 Å². The third-order valence-electron chi connectivity index (χ3n) is 3.81. The van der Waals surface area contributed by atoms with E-state index in [0.29, 0.717) is 17.0 Å². The molecule has 0 spiro atoms. The van der Waals surface area contributed by atoms with E-state index in [4.69, 9.17) is 4.52 Å². The molecular weight excluding hydrogens is 304 g/mol. The van der Waals surface area contributed by atoms with E-state index in [-0.39, 0.29) is 5.91 Å². The summed E-state index contributed by atoms with van der Waals surface area (Å²) in [6.07, 6.45) is 1.58. The third kappa shape index (κ3) is 2.34. The van der Waals surface area contributed by atoms with Gasteiger partial charge in [0.15, 0.2) is 0 Å². The number of para-hydroxylation sites is 2. The van der Waals surface area contributed by atoms with E-state index in [2.05, 4.69) is 15.6 Å². The molecule has 0 saturated heterocycles. The largest absolute Gasteiger partial charge is 0.360 e. The molecule has 0 saturated carbocycles. The smallest absolute Gasteiger partial charge is 0.276 e. The van der Waals surface area contributed by atoms with Crippen molar-refractivity contribution in [3.05, 3.63) is 72.2 Å². The summed E-state index contributed by atoms with van der Waals surface area (Å²) >= 11 is 0. The van der Waals surface area contributed by atoms with Gasteiger partial charge >= 0.3 is 0 Å². The molecule has 1 amide bonds. The maximum absolute atomic E-state index is 12.8. The van der Waals surface area contributed by atoms with Gasteiger partial charge in [0.05, 0.1) is 11.0 Å². The van der Waals surface area contributed by atoms with Crippen LogP contribution in [0.25, 0.3) is 22.3 Å². The van der Waals surface area contributed by atoms with E-state index in [0.717, 1.165) is 16.6 Å². The van der Waals surface area contributed by atoms with Crippen molar-refractivity contribution >= 4 is 16.9 Å². The Labute approximate surface area is 137 Å². The predicted octanol–water partition coefficient (Wildman–Crippen LogP) is 3.38. The normalized spacial score (nSPS) is 10.9. The lowest BCUT2D eigenvalue weighted by atomic mass is 10.1. The molecule has 118 valence electrons. The number of amides is 1. The van der Waals surface area contributed by atoms with Crippen LogP contribution in [0.3, 0.4) is 0 Å². The number of hydrogen-bond acceptors (Lipinski definition) is 4. The first-order chi connectivity index (χ1) is 11.7. The zero-order valence-electron chi connectivity index (χ0n) is 12.9. The molecule has 0 bridgehead atoms. The van der Waals surface area contributed by atoms with Crippen LogP contribution in [0.1, 0.15) is 16.1 Å². The van der Waals surface area contributed by atoms with Crippen molar-refractivity contribution < 1.29 is 9.32 Å². The van der Waals surface area contributed by atoms with Gasteiger partial charge in [0.2, 0.25) is 0 Å². The highest BCUT2D eigenvalue weighted by atomic mass is 16.5. The minimum absolute atomic E-state index is 0.296. The molecule has 1 N–H and O–H groups in total. The van der Waals surface area contributed by atoms with Gasteiger partial charge in [-0.05, 0) is 19.1 Å². The second-order valence-corrected chi connectivity index (χ2v) is 5.37. The Kier molecular flexibility index (Phi) is 3.35. The molecule has 6 nitrogen and oxygen atoms in total. The molecule has 0 fully saturated rings. The van der Waals surface area contributed by atoms with Crippen molar-refractivity contribution in [2.75, 3.05) is 5.43 Å². The number of nitrogens with one attached hydrogen (secondary N) is 1. The fourth-order valence-corrected chi connectivity index (χ4v) is 2.65. The molecule has 0 aliphatic carbocycles. The van der Waals surface area contributed by atoms with Crippen molar-refractivity contribution in [2.24, 2.45) is 0 Å². The van der Waals surface area contributed by atoms with Crippen LogP contribution in [-0.4, -0.2) is 20.7 Å². The summed E-state index contributed by atoms with van der Waals surface area (Å²) in [6, 6.07) is 17.1. The van der Waals surface area contributed by atoms with Gasteiger partial charge in [0.25, 0.3) is 5.91 Å². The van der Waals surface area contributed by atoms with Crippen molar-refractivity contribution in [2.45, 2.75) is 6.92 Å².